The van der Waals surface area contributed by atoms with Gasteiger partial charge in [-0.25, -0.2) is 9.78 Å². The highest BCUT2D eigenvalue weighted by molar-refractivity contribution is 7.12. The molecular weight excluding hydrogens is 379 g/mol. The number of carbonyl (C=O) groups excluding carboxylic acids is 2. The van der Waals surface area contributed by atoms with Crippen LogP contribution in [0.15, 0.2) is 35.8 Å². The first-order chi connectivity index (χ1) is 13.6. The van der Waals surface area contributed by atoms with Crippen LogP contribution in [0.2, 0.25) is 0 Å². The molecule has 2 aromatic heterocycles. The van der Waals surface area contributed by atoms with Gasteiger partial charge in [-0.05, 0) is 42.7 Å². The van der Waals surface area contributed by atoms with Gasteiger partial charge in [0.15, 0.2) is 0 Å². The van der Waals surface area contributed by atoms with E-state index in [1.165, 1.54) is 29.7 Å². The molecule has 2 aromatic rings. The first-order valence-corrected chi connectivity index (χ1v) is 10.5. The number of anilines is 1. The number of hydrogen-bond donors (Lipinski definition) is 2. The number of hydrogen-bond acceptors (Lipinski definition) is 4. The van der Waals surface area contributed by atoms with Crippen LogP contribution < -0.4 is 10.6 Å². The highest BCUT2D eigenvalue weighted by Gasteiger charge is 2.26. The molecule has 2 N–H and O–H groups in total. The lowest BCUT2D eigenvalue weighted by Gasteiger charge is -2.15. The third-order valence-electron chi connectivity index (χ3n) is 4.86. The number of amides is 3. The van der Waals surface area contributed by atoms with Crippen LogP contribution >= 0.6 is 11.3 Å². The molecule has 1 unspecified atom stereocenters. The fraction of sp³-hybridized carbons (Fsp3) is 0.450. The number of likely N-dealkylation sites (tertiary alicyclic amines) is 1. The number of thiophene rings is 1. The van der Waals surface area contributed by atoms with Gasteiger partial charge in [0.1, 0.15) is 0 Å². The van der Waals surface area contributed by atoms with Gasteiger partial charge >= 0.3 is 6.03 Å². The van der Waals surface area contributed by atoms with Gasteiger partial charge in [0.2, 0.25) is 5.95 Å². The zero-order valence-electron chi connectivity index (χ0n) is 15.7. The van der Waals surface area contributed by atoms with Gasteiger partial charge in [-0.1, -0.05) is 18.9 Å². The Bertz CT molecular complexity index is 784. The van der Waals surface area contributed by atoms with Crippen molar-refractivity contribution in [2.45, 2.75) is 32.1 Å². The summed E-state index contributed by atoms with van der Waals surface area (Å²) in [4.78, 5) is 30.3. The largest absolute Gasteiger partial charge is 0.338 e. The van der Waals surface area contributed by atoms with Gasteiger partial charge in [-0.3, -0.25) is 4.79 Å². The monoisotopic (exact) mass is 404 g/mol. The molecule has 1 fully saturated rings. The quantitative estimate of drug-likeness (QED) is 0.513. The zero-order valence-corrected chi connectivity index (χ0v) is 16.5. The van der Waals surface area contributed by atoms with Crippen LogP contribution in [0.25, 0.3) is 0 Å². The predicted octanol–water partition coefficient (Wildman–Crippen LogP) is 4.13. The van der Waals surface area contributed by atoms with Crippen LogP contribution in [0.5, 0.6) is 0 Å². The van der Waals surface area contributed by atoms with Crippen molar-refractivity contribution in [3.8, 4) is 0 Å². The number of urea groups is 1. The summed E-state index contributed by atoms with van der Waals surface area (Å²) in [6.45, 7) is 2.27. The van der Waals surface area contributed by atoms with Gasteiger partial charge in [-0.2, -0.15) is 4.39 Å². The van der Waals surface area contributed by atoms with Crippen LogP contribution in [0.1, 0.15) is 41.8 Å². The first-order valence-electron chi connectivity index (χ1n) is 9.61. The molecule has 1 aliphatic heterocycles. The van der Waals surface area contributed by atoms with Crippen molar-refractivity contribution in [3.63, 3.8) is 0 Å². The number of nitrogens with zero attached hydrogens (tertiary/aromatic N) is 2. The van der Waals surface area contributed by atoms with Gasteiger partial charge in [0.25, 0.3) is 5.91 Å². The Morgan fingerprint density at radius 2 is 2.18 bits per heavy atom. The highest BCUT2D eigenvalue weighted by atomic mass is 32.1. The minimum absolute atomic E-state index is 0.154. The normalized spacial score (nSPS) is 16.2. The summed E-state index contributed by atoms with van der Waals surface area (Å²) in [5.41, 5.74) is 0.382. The molecule has 0 radical (unpaired) electrons. The van der Waals surface area contributed by atoms with Crippen LogP contribution in [0.4, 0.5) is 14.9 Å². The second kappa shape index (κ2) is 10.2. The van der Waals surface area contributed by atoms with E-state index < -0.39 is 5.95 Å². The average Bonchev–Trinajstić information content (AvgIpc) is 3.36. The lowest BCUT2D eigenvalue weighted by molar-refractivity contribution is 0.0791. The lowest BCUT2D eigenvalue weighted by Crippen LogP contribution is -2.29. The minimum atomic E-state index is -0.625. The first kappa shape index (κ1) is 20.3. The summed E-state index contributed by atoms with van der Waals surface area (Å²) >= 11 is 1.50. The zero-order chi connectivity index (χ0) is 19.8. The predicted molar refractivity (Wildman–Crippen MR) is 108 cm³/mol. The Morgan fingerprint density at radius 3 is 2.96 bits per heavy atom. The highest BCUT2D eigenvalue weighted by Crippen LogP contribution is 2.24. The standard InChI is InChI=1S/C20H25FN4O2S/c21-18-13-16(7-10-22-18)24-20(27)23-9-3-1-2-5-15-8-11-25(14-15)19(26)17-6-4-12-28-17/h4,6-7,10,12-13,15H,1-3,5,8-9,11,14H2,(H2,22,23,24,27). The molecule has 28 heavy (non-hydrogen) atoms. The molecule has 3 amide bonds. The number of rotatable bonds is 8. The van der Waals surface area contributed by atoms with Crippen molar-refractivity contribution in [1.29, 1.82) is 0 Å². The second-order valence-electron chi connectivity index (χ2n) is 6.98. The summed E-state index contributed by atoms with van der Waals surface area (Å²) in [5.74, 6) is 0.101. The van der Waals surface area contributed by atoms with E-state index >= 15 is 0 Å². The van der Waals surface area contributed by atoms with E-state index in [4.69, 9.17) is 0 Å². The molecule has 3 heterocycles. The third-order valence-corrected chi connectivity index (χ3v) is 5.72. The maximum absolute atomic E-state index is 13.0. The summed E-state index contributed by atoms with van der Waals surface area (Å²) in [6.07, 6.45) is 6.49. The van der Waals surface area contributed by atoms with Crippen molar-refractivity contribution >= 4 is 29.0 Å². The summed E-state index contributed by atoms with van der Waals surface area (Å²) < 4.78 is 13.0. The Hall–Kier alpha value is -2.48. The smallest absolute Gasteiger partial charge is 0.319 e. The van der Waals surface area contributed by atoms with E-state index in [1.807, 2.05) is 22.4 Å². The van der Waals surface area contributed by atoms with Gasteiger partial charge < -0.3 is 15.5 Å². The molecule has 0 spiro atoms. The SMILES string of the molecule is O=C(NCCCCCC1CCN(C(=O)c2cccs2)C1)Nc1ccnc(F)c1. The molecule has 0 saturated carbocycles. The van der Waals surface area contributed by atoms with E-state index in [-0.39, 0.29) is 11.9 Å². The molecule has 3 rings (SSSR count). The Labute approximate surface area is 168 Å². The average molecular weight is 405 g/mol. The van der Waals surface area contributed by atoms with E-state index in [1.54, 1.807) is 0 Å². The fourth-order valence-corrected chi connectivity index (χ4v) is 4.09. The summed E-state index contributed by atoms with van der Waals surface area (Å²) in [6, 6.07) is 6.16. The van der Waals surface area contributed by atoms with Crippen LogP contribution in [0, 0.1) is 11.9 Å². The topological polar surface area (TPSA) is 74.3 Å². The molecule has 6 nitrogen and oxygen atoms in total. The van der Waals surface area contributed by atoms with Crippen molar-refractivity contribution in [2.24, 2.45) is 5.92 Å². The molecule has 0 bridgehead atoms. The van der Waals surface area contributed by atoms with E-state index in [2.05, 4.69) is 15.6 Å². The third kappa shape index (κ3) is 6.02. The molecule has 150 valence electrons. The number of halogens is 1. The van der Waals surface area contributed by atoms with Crippen molar-refractivity contribution in [2.75, 3.05) is 25.0 Å². The Balaban J connectivity index is 1.24. The molecule has 0 aliphatic carbocycles. The number of unbranched alkanes of at least 4 members (excludes halogenated alkanes) is 2. The van der Waals surface area contributed by atoms with Crippen LogP contribution in [0.3, 0.4) is 0 Å². The second-order valence-corrected chi connectivity index (χ2v) is 7.93. The molecule has 8 heteroatoms. The number of nitrogens with one attached hydrogen (secondary N) is 2. The molecule has 1 saturated heterocycles. The maximum Gasteiger partial charge on any atom is 0.319 e. The minimum Gasteiger partial charge on any atom is -0.338 e. The fourth-order valence-electron chi connectivity index (χ4n) is 3.40. The molecular formula is C20H25FN4O2S. The van der Waals surface area contributed by atoms with E-state index in [9.17, 15) is 14.0 Å². The molecule has 0 aromatic carbocycles. The van der Waals surface area contributed by atoms with Crippen molar-refractivity contribution < 1.29 is 14.0 Å². The van der Waals surface area contributed by atoms with E-state index in [0.29, 0.717) is 18.2 Å². The van der Waals surface area contributed by atoms with Gasteiger partial charge in [0.05, 0.1) is 4.88 Å². The number of aromatic nitrogens is 1. The summed E-state index contributed by atoms with van der Waals surface area (Å²) in [5, 5.41) is 7.29. The van der Waals surface area contributed by atoms with Gasteiger partial charge in [0, 0.05) is 37.6 Å². The van der Waals surface area contributed by atoms with Crippen molar-refractivity contribution in [1.82, 2.24) is 15.2 Å². The van der Waals surface area contributed by atoms with E-state index in [0.717, 1.165) is 50.1 Å². The van der Waals surface area contributed by atoms with Crippen LogP contribution in [-0.2, 0) is 0 Å². The Kier molecular flexibility index (Phi) is 7.36. The molecule has 1 atom stereocenters. The maximum atomic E-state index is 13.0. The Morgan fingerprint density at radius 1 is 1.29 bits per heavy atom. The lowest BCUT2D eigenvalue weighted by atomic mass is 10.0. The van der Waals surface area contributed by atoms with Gasteiger partial charge in [-0.15, -0.1) is 11.3 Å². The number of pyridine rings is 1. The van der Waals surface area contributed by atoms with Crippen molar-refractivity contribution in [3.05, 3.63) is 46.7 Å². The van der Waals surface area contributed by atoms with Crippen LogP contribution in [-0.4, -0.2) is 41.5 Å². The number of carbonyl (C=O) groups is 2. The summed E-state index contributed by atoms with van der Waals surface area (Å²) in [7, 11) is 0. The molecule has 1 aliphatic rings.